The van der Waals surface area contributed by atoms with Gasteiger partial charge in [-0.1, -0.05) is 26.8 Å². The van der Waals surface area contributed by atoms with Crippen LogP contribution in [0.5, 0.6) is 0 Å². The van der Waals surface area contributed by atoms with Crippen LogP contribution in [0.25, 0.3) is 11.3 Å². The number of rotatable bonds is 2. The Kier molecular flexibility index (Phi) is 4.58. The van der Waals surface area contributed by atoms with E-state index in [1.54, 1.807) is 30.7 Å². The van der Waals surface area contributed by atoms with E-state index in [9.17, 15) is 14.7 Å². The molecular formula is C23H24N2O5. The summed E-state index contributed by atoms with van der Waals surface area (Å²) in [6, 6.07) is 10.9. The highest BCUT2D eigenvalue weighted by Gasteiger charge is 2.39. The third-order valence-electron chi connectivity index (χ3n) is 5.46. The van der Waals surface area contributed by atoms with Gasteiger partial charge in [0.1, 0.15) is 12.4 Å². The van der Waals surface area contributed by atoms with Crippen molar-refractivity contribution in [2.24, 2.45) is 0 Å². The van der Waals surface area contributed by atoms with Gasteiger partial charge in [0.05, 0.1) is 12.0 Å². The Hall–Kier alpha value is -3.32. The lowest BCUT2D eigenvalue weighted by Crippen LogP contribution is -2.27. The fourth-order valence-electron chi connectivity index (χ4n) is 3.91. The highest BCUT2D eigenvalue weighted by molar-refractivity contribution is 5.94. The van der Waals surface area contributed by atoms with E-state index in [2.05, 4.69) is 5.32 Å². The first-order chi connectivity index (χ1) is 14.1. The lowest BCUT2D eigenvalue weighted by Gasteiger charge is -2.28. The number of hydrogen-bond acceptors (Lipinski definition) is 4. The Morgan fingerprint density at radius 2 is 2.00 bits per heavy atom. The van der Waals surface area contributed by atoms with E-state index >= 15 is 0 Å². The fraction of sp³-hybridized carbons (Fsp3) is 0.304. The quantitative estimate of drug-likeness (QED) is 0.635. The number of carbonyl (C=O) groups excluding carboxylic acids is 1. The van der Waals surface area contributed by atoms with E-state index in [0.717, 1.165) is 5.56 Å². The molecule has 0 bridgehead atoms. The van der Waals surface area contributed by atoms with Crippen LogP contribution in [0.4, 0.5) is 10.5 Å². The Morgan fingerprint density at radius 1 is 1.23 bits per heavy atom. The summed E-state index contributed by atoms with van der Waals surface area (Å²) in [5.41, 5.74) is 2.22. The van der Waals surface area contributed by atoms with Crippen molar-refractivity contribution in [2.45, 2.75) is 38.7 Å². The lowest BCUT2D eigenvalue weighted by molar-refractivity contribution is -0.125. The summed E-state index contributed by atoms with van der Waals surface area (Å²) in [7, 11) is 0. The van der Waals surface area contributed by atoms with Crippen LogP contribution >= 0.6 is 0 Å². The average Bonchev–Trinajstić information content (AvgIpc) is 3.34. The molecule has 1 aromatic carbocycles. The van der Waals surface area contributed by atoms with E-state index in [1.165, 1.54) is 4.57 Å². The van der Waals surface area contributed by atoms with Crippen molar-refractivity contribution in [3.63, 3.8) is 0 Å². The molecule has 0 saturated carbocycles. The minimum atomic E-state index is -1.06. The summed E-state index contributed by atoms with van der Waals surface area (Å²) in [4.78, 5) is 24.1. The third kappa shape index (κ3) is 3.21. The van der Waals surface area contributed by atoms with E-state index in [-0.39, 0.29) is 17.9 Å². The molecule has 30 heavy (non-hydrogen) atoms. The van der Waals surface area contributed by atoms with Crippen LogP contribution in [-0.4, -0.2) is 28.3 Å². The molecule has 0 radical (unpaired) electrons. The van der Waals surface area contributed by atoms with Crippen molar-refractivity contribution in [3.8, 4) is 11.3 Å². The predicted octanol–water partition coefficient (Wildman–Crippen LogP) is 4.80. The number of hydrogen-bond donors (Lipinski definition) is 2. The number of carbonyl (C=O) groups is 2. The molecule has 7 heteroatoms. The van der Waals surface area contributed by atoms with Crippen LogP contribution in [0.2, 0.25) is 0 Å². The molecule has 1 atom stereocenters. The number of anilines is 1. The second-order valence-corrected chi connectivity index (χ2v) is 8.59. The van der Waals surface area contributed by atoms with Gasteiger partial charge >= 0.3 is 6.09 Å². The summed E-state index contributed by atoms with van der Waals surface area (Å²) < 4.78 is 12.8. The molecule has 156 valence electrons. The standard InChI is InChI=1S/C23H24N2O5/c1-22(2,3)15-9-10-25(21(27)28)20(15)14-7-8-17-16(12-14)23(4,18-6-5-11-29-18)30-13-19(26)24-17/h5-12H,13H2,1-4H3,(H,24,26)(H,27,28). The first-order valence-electron chi connectivity index (χ1n) is 9.69. The van der Waals surface area contributed by atoms with Crippen LogP contribution in [0.3, 0.4) is 0 Å². The van der Waals surface area contributed by atoms with Crippen LogP contribution in [0.1, 0.15) is 44.6 Å². The van der Waals surface area contributed by atoms with Gasteiger partial charge in [-0.15, -0.1) is 0 Å². The molecule has 0 spiro atoms. The average molecular weight is 408 g/mol. The molecule has 3 aromatic rings. The van der Waals surface area contributed by atoms with Gasteiger partial charge in [0.2, 0.25) is 5.91 Å². The number of aromatic nitrogens is 1. The fourth-order valence-corrected chi connectivity index (χ4v) is 3.91. The number of benzene rings is 1. The normalized spacial score (nSPS) is 19.1. The first kappa shape index (κ1) is 20.0. The summed E-state index contributed by atoms with van der Waals surface area (Å²) in [5.74, 6) is 0.297. The molecule has 7 nitrogen and oxygen atoms in total. The van der Waals surface area contributed by atoms with E-state index in [0.29, 0.717) is 28.3 Å². The van der Waals surface area contributed by atoms with Gasteiger partial charge in [-0.2, -0.15) is 0 Å². The number of ether oxygens (including phenoxy) is 1. The molecule has 1 amide bonds. The largest absolute Gasteiger partial charge is 0.466 e. The van der Waals surface area contributed by atoms with Gasteiger partial charge in [-0.3, -0.25) is 9.36 Å². The molecular weight excluding hydrogens is 384 g/mol. The van der Waals surface area contributed by atoms with Gasteiger partial charge in [-0.05, 0) is 53.8 Å². The van der Waals surface area contributed by atoms with Gasteiger partial charge in [0, 0.05) is 17.4 Å². The van der Waals surface area contributed by atoms with Crippen molar-refractivity contribution in [1.82, 2.24) is 4.57 Å². The molecule has 2 N–H and O–H groups in total. The topological polar surface area (TPSA) is 93.7 Å². The highest BCUT2D eigenvalue weighted by Crippen LogP contribution is 2.43. The Labute approximate surface area is 174 Å². The van der Waals surface area contributed by atoms with E-state index < -0.39 is 11.7 Å². The van der Waals surface area contributed by atoms with Crippen LogP contribution in [0, 0.1) is 0 Å². The molecule has 1 aliphatic rings. The number of carboxylic acid groups (broad SMARTS) is 1. The van der Waals surface area contributed by atoms with Gasteiger partial charge in [-0.25, -0.2) is 4.79 Å². The van der Waals surface area contributed by atoms with Crippen molar-refractivity contribution in [3.05, 3.63) is 65.7 Å². The zero-order valence-electron chi connectivity index (χ0n) is 17.4. The summed E-state index contributed by atoms with van der Waals surface area (Å²) in [6.07, 6.45) is 2.06. The number of amides is 1. The van der Waals surface area contributed by atoms with E-state index in [1.807, 2.05) is 45.9 Å². The maximum absolute atomic E-state index is 12.2. The van der Waals surface area contributed by atoms with E-state index in [4.69, 9.17) is 9.15 Å². The third-order valence-corrected chi connectivity index (χ3v) is 5.46. The van der Waals surface area contributed by atoms with Gasteiger partial charge < -0.3 is 19.6 Å². The Morgan fingerprint density at radius 3 is 2.63 bits per heavy atom. The molecule has 1 aliphatic heterocycles. The number of fused-ring (bicyclic) bond motifs is 1. The lowest BCUT2D eigenvalue weighted by atomic mass is 9.84. The van der Waals surface area contributed by atoms with Gasteiger partial charge in [0.25, 0.3) is 0 Å². The smallest absolute Gasteiger partial charge is 0.416 e. The molecule has 0 fully saturated rings. The minimum absolute atomic E-state index is 0.125. The Bertz CT molecular complexity index is 1120. The number of nitrogens with zero attached hydrogens (tertiary/aromatic N) is 1. The molecule has 1 unspecified atom stereocenters. The molecule has 2 aromatic heterocycles. The predicted molar refractivity (Wildman–Crippen MR) is 112 cm³/mol. The van der Waals surface area contributed by atoms with Crippen LogP contribution in [0.15, 0.2) is 53.3 Å². The second kappa shape index (κ2) is 6.88. The maximum atomic E-state index is 12.2. The van der Waals surface area contributed by atoms with Crippen molar-refractivity contribution in [2.75, 3.05) is 11.9 Å². The monoisotopic (exact) mass is 408 g/mol. The summed E-state index contributed by atoms with van der Waals surface area (Å²) in [5, 5.41) is 12.6. The zero-order valence-corrected chi connectivity index (χ0v) is 17.4. The molecule has 0 saturated heterocycles. The van der Waals surface area contributed by atoms with Crippen molar-refractivity contribution >= 4 is 17.7 Å². The van der Waals surface area contributed by atoms with Crippen molar-refractivity contribution in [1.29, 1.82) is 0 Å². The minimum Gasteiger partial charge on any atom is -0.466 e. The van der Waals surface area contributed by atoms with Gasteiger partial charge in [0.15, 0.2) is 5.60 Å². The molecule has 0 aliphatic carbocycles. The maximum Gasteiger partial charge on any atom is 0.416 e. The first-order valence-corrected chi connectivity index (χ1v) is 9.69. The summed E-state index contributed by atoms with van der Waals surface area (Å²) in [6.45, 7) is 7.84. The zero-order chi connectivity index (χ0) is 21.7. The number of nitrogens with one attached hydrogen (secondary N) is 1. The summed E-state index contributed by atoms with van der Waals surface area (Å²) >= 11 is 0. The molecule has 3 heterocycles. The second-order valence-electron chi connectivity index (χ2n) is 8.59. The highest BCUT2D eigenvalue weighted by atomic mass is 16.5. The van der Waals surface area contributed by atoms with Crippen molar-refractivity contribution < 1.29 is 23.8 Å². The SMILES string of the molecule is CC(C)(C)c1ccn(C(=O)O)c1-c1ccc2c(c1)C(C)(c1ccco1)OCC(=O)N2. The Balaban J connectivity index is 1.97. The van der Waals surface area contributed by atoms with Crippen LogP contribution < -0.4 is 5.32 Å². The molecule has 4 rings (SSSR count). The number of furan rings is 1. The van der Waals surface area contributed by atoms with Crippen LogP contribution in [-0.2, 0) is 20.5 Å².